The van der Waals surface area contributed by atoms with Gasteiger partial charge in [-0.15, -0.1) is 0 Å². The fraction of sp³-hybridized carbons (Fsp3) is 0.400. The summed E-state index contributed by atoms with van der Waals surface area (Å²) in [5.74, 6) is -2.07. The van der Waals surface area contributed by atoms with Crippen molar-refractivity contribution in [3.63, 3.8) is 0 Å². The number of ketones is 1. The van der Waals surface area contributed by atoms with Gasteiger partial charge in [0.15, 0.2) is 11.7 Å². The van der Waals surface area contributed by atoms with Crippen molar-refractivity contribution < 1.29 is 14.3 Å². The third-order valence-corrected chi connectivity index (χ3v) is 3.91. The fourth-order valence-corrected chi connectivity index (χ4v) is 2.67. The van der Waals surface area contributed by atoms with E-state index in [-0.39, 0.29) is 17.4 Å². The van der Waals surface area contributed by atoms with E-state index in [1.54, 1.807) is 17.0 Å². The van der Waals surface area contributed by atoms with E-state index < -0.39 is 17.6 Å². The van der Waals surface area contributed by atoms with Gasteiger partial charge in [-0.1, -0.05) is 23.2 Å². The Balaban J connectivity index is 1.97. The summed E-state index contributed by atoms with van der Waals surface area (Å²) in [6, 6.07) is 6.35. The average molecular weight is 341 g/mol. The summed E-state index contributed by atoms with van der Waals surface area (Å²) in [7, 11) is 0. The SMILES string of the molecule is N#C[C@@H](C(=O)COc1ccc(Cl)cc1Cl)C(=O)N1CCCC1. The van der Waals surface area contributed by atoms with E-state index in [4.69, 9.17) is 33.2 Å². The number of hydrogen-bond acceptors (Lipinski definition) is 4. The van der Waals surface area contributed by atoms with Crippen molar-refractivity contribution in [3.8, 4) is 11.8 Å². The number of halogens is 2. The molecule has 1 aliphatic heterocycles. The number of benzene rings is 1. The third-order valence-electron chi connectivity index (χ3n) is 3.38. The molecule has 0 N–H and O–H groups in total. The van der Waals surface area contributed by atoms with Crippen LogP contribution in [0.5, 0.6) is 5.75 Å². The molecule has 1 atom stereocenters. The summed E-state index contributed by atoms with van der Waals surface area (Å²) < 4.78 is 5.29. The standard InChI is InChI=1S/C15H14Cl2N2O3/c16-10-3-4-14(12(17)7-10)22-9-13(20)11(8-18)15(21)19-5-1-2-6-19/h3-4,7,11H,1-2,5-6,9H2/t11-/m0/s1. The molecule has 1 heterocycles. The lowest BCUT2D eigenvalue weighted by atomic mass is 10.1. The molecule has 1 amide bonds. The van der Waals surface area contributed by atoms with E-state index in [1.165, 1.54) is 12.1 Å². The Morgan fingerprint density at radius 2 is 2.00 bits per heavy atom. The zero-order chi connectivity index (χ0) is 16.1. The summed E-state index contributed by atoms with van der Waals surface area (Å²) in [6.45, 7) is 0.793. The van der Waals surface area contributed by atoms with Crippen LogP contribution in [0, 0.1) is 17.2 Å². The van der Waals surface area contributed by atoms with Crippen LogP contribution in [0.15, 0.2) is 18.2 Å². The third kappa shape index (κ3) is 3.90. The number of amides is 1. The lowest BCUT2D eigenvalue weighted by molar-refractivity contribution is -0.138. The van der Waals surface area contributed by atoms with Crippen LogP contribution in [0.25, 0.3) is 0 Å². The van der Waals surface area contributed by atoms with Crippen LogP contribution in [-0.4, -0.2) is 36.3 Å². The molecule has 22 heavy (non-hydrogen) atoms. The average Bonchev–Trinajstić information content (AvgIpc) is 3.01. The van der Waals surface area contributed by atoms with Crippen LogP contribution in [-0.2, 0) is 9.59 Å². The Hall–Kier alpha value is -1.77. The summed E-state index contributed by atoms with van der Waals surface area (Å²) >= 11 is 11.7. The summed E-state index contributed by atoms with van der Waals surface area (Å²) in [5.41, 5.74) is 0. The van der Waals surface area contributed by atoms with Crippen molar-refractivity contribution in [1.82, 2.24) is 4.90 Å². The van der Waals surface area contributed by atoms with E-state index >= 15 is 0 Å². The Bertz CT molecular complexity index is 622. The predicted octanol–water partition coefficient (Wildman–Crippen LogP) is 2.70. The molecule has 0 saturated carbocycles. The molecule has 7 heteroatoms. The smallest absolute Gasteiger partial charge is 0.247 e. The second-order valence-corrected chi connectivity index (χ2v) is 5.77. The van der Waals surface area contributed by atoms with E-state index in [0.717, 1.165) is 12.8 Å². The van der Waals surface area contributed by atoms with Crippen LogP contribution in [0.1, 0.15) is 12.8 Å². The van der Waals surface area contributed by atoms with Crippen molar-refractivity contribution in [2.75, 3.05) is 19.7 Å². The first kappa shape index (κ1) is 16.6. The molecule has 1 saturated heterocycles. The summed E-state index contributed by atoms with van der Waals surface area (Å²) in [4.78, 5) is 25.7. The molecule has 0 aromatic heterocycles. The van der Waals surface area contributed by atoms with Crippen molar-refractivity contribution in [3.05, 3.63) is 28.2 Å². The van der Waals surface area contributed by atoms with Gasteiger partial charge < -0.3 is 9.64 Å². The van der Waals surface area contributed by atoms with E-state index in [9.17, 15) is 9.59 Å². The van der Waals surface area contributed by atoms with Gasteiger partial charge in [-0.25, -0.2) is 0 Å². The largest absolute Gasteiger partial charge is 0.484 e. The Morgan fingerprint density at radius 1 is 1.32 bits per heavy atom. The molecular formula is C15H14Cl2N2O3. The number of carbonyl (C=O) groups excluding carboxylic acids is 2. The maximum Gasteiger partial charge on any atom is 0.247 e. The highest BCUT2D eigenvalue weighted by atomic mass is 35.5. The molecule has 0 bridgehead atoms. The molecule has 0 unspecified atom stereocenters. The topological polar surface area (TPSA) is 70.4 Å². The summed E-state index contributed by atoms with van der Waals surface area (Å²) in [6.07, 6.45) is 1.80. The first-order valence-electron chi connectivity index (χ1n) is 6.82. The highest BCUT2D eigenvalue weighted by Gasteiger charge is 2.32. The number of ether oxygens (including phenoxy) is 1. The second kappa shape index (κ2) is 7.48. The zero-order valence-corrected chi connectivity index (χ0v) is 13.2. The molecule has 1 aromatic carbocycles. The van der Waals surface area contributed by atoms with Crippen molar-refractivity contribution in [2.24, 2.45) is 5.92 Å². The second-order valence-electron chi connectivity index (χ2n) is 4.92. The fourth-order valence-electron chi connectivity index (χ4n) is 2.21. The van der Waals surface area contributed by atoms with Crippen LogP contribution < -0.4 is 4.74 Å². The molecule has 1 fully saturated rings. The minimum absolute atomic E-state index is 0.264. The lowest BCUT2D eigenvalue weighted by Gasteiger charge is -2.18. The molecule has 116 valence electrons. The number of nitriles is 1. The van der Waals surface area contributed by atoms with Gasteiger partial charge in [0, 0.05) is 18.1 Å². The van der Waals surface area contributed by atoms with Crippen LogP contribution in [0.3, 0.4) is 0 Å². The minimum Gasteiger partial charge on any atom is -0.484 e. The van der Waals surface area contributed by atoms with Crippen molar-refractivity contribution in [1.29, 1.82) is 5.26 Å². The minimum atomic E-state index is -1.33. The van der Waals surface area contributed by atoms with Gasteiger partial charge in [0.05, 0.1) is 11.1 Å². The van der Waals surface area contributed by atoms with Crippen LogP contribution in [0.4, 0.5) is 0 Å². The van der Waals surface area contributed by atoms with Gasteiger partial charge >= 0.3 is 0 Å². The molecule has 2 rings (SSSR count). The van der Waals surface area contributed by atoms with Crippen LogP contribution >= 0.6 is 23.2 Å². The highest BCUT2D eigenvalue weighted by molar-refractivity contribution is 6.35. The Kier molecular flexibility index (Phi) is 5.64. The summed E-state index contributed by atoms with van der Waals surface area (Å²) in [5, 5.41) is 9.81. The molecule has 1 aromatic rings. The van der Waals surface area contributed by atoms with Gasteiger partial charge in [0.2, 0.25) is 5.91 Å². The van der Waals surface area contributed by atoms with Gasteiger partial charge in [0.25, 0.3) is 0 Å². The van der Waals surface area contributed by atoms with E-state index in [0.29, 0.717) is 18.1 Å². The molecule has 1 aliphatic rings. The number of nitrogens with zero attached hydrogens (tertiary/aromatic N) is 2. The predicted molar refractivity (Wildman–Crippen MR) is 81.9 cm³/mol. The number of rotatable bonds is 5. The maximum absolute atomic E-state index is 12.1. The molecule has 0 radical (unpaired) electrons. The van der Waals surface area contributed by atoms with Gasteiger partial charge in [-0.2, -0.15) is 5.26 Å². The zero-order valence-electron chi connectivity index (χ0n) is 11.7. The lowest BCUT2D eigenvalue weighted by Crippen LogP contribution is -2.38. The number of Topliss-reactive ketones (excluding diaryl/α,β-unsaturated/α-hetero) is 1. The first-order valence-corrected chi connectivity index (χ1v) is 7.57. The van der Waals surface area contributed by atoms with E-state index in [2.05, 4.69) is 0 Å². The molecule has 0 aliphatic carbocycles. The number of carbonyl (C=O) groups is 2. The Morgan fingerprint density at radius 3 is 2.59 bits per heavy atom. The van der Waals surface area contributed by atoms with Crippen molar-refractivity contribution >= 4 is 34.9 Å². The maximum atomic E-state index is 12.1. The molecule has 0 spiro atoms. The molecule has 5 nitrogen and oxygen atoms in total. The van der Waals surface area contributed by atoms with Crippen molar-refractivity contribution in [2.45, 2.75) is 12.8 Å². The first-order chi connectivity index (χ1) is 10.5. The van der Waals surface area contributed by atoms with E-state index in [1.807, 2.05) is 0 Å². The molecular weight excluding hydrogens is 327 g/mol. The van der Waals surface area contributed by atoms with Gasteiger partial charge in [-0.3, -0.25) is 9.59 Å². The highest BCUT2D eigenvalue weighted by Crippen LogP contribution is 2.27. The number of likely N-dealkylation sites (tertiary alicyclic amines) is 1. The quantitative estimate of drug-likeness (QED) is 0.772. The van der Waals surface area contributed by atoms with Crippen LogP contribution in [0.2, 0.25) is 10.0 Å². The monoisotopic (exact) mass is 340 g/mol. The normalized spacial score (nSPS) is 15.2. The van der Waals surface area contributed by atoms with Gasteiger partial charge in [0.1, 0.15) is 12.4 Å². The number of hydrogen-bond donors (Lipinski definition) is 0. The van der Waals surface area contributed by atoms with Gasteiger partial charge in [-0.05, 0) is 31.0 Å². The Labute approximate surface area is 138 Å².